The van der Waals surface area contributed by atoms with Crippen molar-refractivity contribution in [1.82, 2.24) is 9.03 Å². The molecule has 1 aliphatic heterocycles. The van der Waals surface area contributed by atoms with Crippen LogP contribution in [0.3, 0.4) is 0 Å². The van der Waals surface area contributed by atoms with Gasteiger partial charge in [0.05, 0.1) is 0 Å². The molecule has 0 unspecified atom stereocenters. The van der Waals surface area contributed by atoms with E-state index in [1.807, 2.05) is 6.92 Å². The molecule has 4 heteroatoms. The monoisotopic (exact) mass is 202 g/mol. The van der Waals surface area contributed by atoms with Gasteiger partial charge < -0.3 is 0 Å². The number of rotatable bonds is 4. The number of carbonyl (C=O) groups is 1. The standard InChI is InChI=1S/C9H18N2OS/c1-2-6-9(12)10-13-11-7-4-3-5-8-11/h2-8H2,1H3,(H,10,12). The lowest BCUT2D eigenvalue weighted by molar-refractivity contribution is -0.119. The zero-order valence-electron chi connectivity index (χ0n) is 8.21. The number of piperidine rings is 1. The van der Waals surface area contributed by atoms with E-state index in [9.17, 15) is 4.79 Å². The lowest BCUT2D eigenvalue weighted by Gasteiger charge is -2.24. The normalized spacial score (nSPS) is 18.5. The Morgan fingerprint density at radius 1 is 1.38 bits per heavy atom. The molecule has 1 N–H and O–H groups in total. The van der Waals surface area contributed by atoms with E-state index in [2.05, 4.69) is 9.03 Å². The fraction of sp³-hybridized carbons (Fsp3) is 0.889. The SMILES string of the molecule is CCCC(=O)NSN1CCCCC1. The summed E-state index contributed by atoms with van der Waals surface area (Å²) in [5.41, 5.74) is 0. The molecule has 1 fully saturated rings. The van der Waals surface area contributed by atoms with Crippen LogP contribution < -0.4 is 4.72 Å². The van der Waals surface area contributed by atoms with Gasteiger partial charge in [0.15, 0.2) is 0 Å². The topological polar surface area (TPSA) is 32.3 Å². The molecule has 0 aromatic carbocycles. The lowest BCUT2D eigenvalue weighted by Crippen LogP contribution is -2.29. The van der Waals surface area contributed by atoms with Crippen LogP contribution in [0.2, 0.25) is 0 Å². The van der Waals surface area contributed by atoms with Crippen LogP contribution in [0.15, 0.2) is 0 Å². The summed E-state index contributed by atoms with van der Waals surface area (Å²) in [5.74, 6) is 0.151. The van der Waals surface area contributed by atoms with Gasteiger partial charge in [0.1, 0.15) is 0 Å². The maximum Gasteiger partial charge on any atom is 0.230 e. The molecule has 0 radical (unpaired) electrons. The second-order valence-corrected chi connectivity index (χ2v) is 4.26. The van der Waals surface area contributed by atoms with Crippen molar-refractivity contribution in [3.63, 3.8) is 0 Å². The van der Waals surface area contributed by atoms with Gasteiger partial charge in [-0.05, 0) is 19.3 Å². The number of nitrogens with one attached hydrogen (secondary N) is 1. The van der Waals surface area contributed by atoms with Gasteiger partial charge in [0.25, 0.3) is 0 Å². The van der Waals surface area contributed by atoms with Crippen LogP contribution in [-0.2, 0) is 4.79 Å². The van der Waals surface area contributed by atoms with Crippen LogP contribution in [0.1, 0.15) is 39.0 Å². The summed E-state index contributed by atoms with van der Waals surface area (Å²) in [6.07, 6.45) is 5.42. The summed E-state index contributed by atoms with van der Waals surface area (Å²) in [6, 6.07) is 0. The van der Waals surface area contributed by atoms with Crippen molar-refractivity contribution in [3.05, 3.63) is 0 Å². The highest BCUT2D eigenvalue weighted by atomic mass is 32.2. The van der Waals surface area contributed by atoms with Gasteiger partial charge in [-0.3, -0.25) is 9.52 Å². The Hall–Kier alpha value is -0.220. The predicted octanol–water partition coefficient (Wildman–Crippen LogP) is 1.95. The summed E-state index contributed by atoms with van der Waals surface area (Å²) in [6.45, 7) is 4.24. The molecule has 0 aliphatic carbocycles. The smallest absolute Gasteiger partial charge is 0.230 e. The fourth-order valence-corrected chi connectivity index (χ4v) is 2.12. The summed E-state index contributed by atoms with van der Waals surface area (Å²) >= 11 is 1.48. The molecule has 1 amide bonds. The van der Waals surface area contributed by atoms with Gasteiger partial charge >= 0.3 is 0 Å². The van der Waals surface area contributed by atoms with Crippen molar-refractivity contribution in [2.24, 2.45) is 0 Å². The number of hydrogen-bond acceptors (Lipinski definition) is 3. The molecule has 76 valence electrons. The Balaban J connectivity index is 2.06. The highest BCUT2D eigenvalue weighted by Gasteiger charge is 2.11. The number of nitrogens with zero attached hydrogens (tertiary/aromatic N) is 1. The van der Waals surface area contributed by atoms with Crippen LogP contribution in [0.4, 0.5) is 0 Å². The van der Waals surface area contributed by atoms with Crippen molar-refractivity contribution in [2.45, 2.75) is 39.0 Å². The minimum Gasteiger partial charge on any atom is -0.287 e. The second-order valence-electron chi connectivity index (χ2n) is 3.36. The maximum absolute atomic E-state index is 11.1. The predicted molar refractivity (Wildman–Crippen MR) is 56.1 cm³/mol. The molecule has 13 heavy (non-hydrogen) atoms. The lowest BCUT2D eigenvalue weighted by atomic mass is 10.2. The average Bonchev–Trinajstić information content (AvgIpc) is 2.17. The Labute approximate surface area is 84.5 Å². The molecule has 1 saturated heterocycles. The number of amides is 1. The number of carbonyl (C=O) groups excluding carboxylic acids is 1. The first-order valence-corrected chi connectivity index (χ1v) is 5.81. The van der Waals surface area contributed by atoms with Crippen molar-refractivity contribution in [2.75, 3.05) is 13.1 Å². The van der Waals surface area contributed by atoms with Crippen LogP contribution in [0, 0.1) is 0 Å². The van der Waals surface area contributed by atoms with Gasteiger partial charge in [-0.15, -0.1) is 0 Å². The van der Waals surface area contributed by atoms with Crippen molar-refractivity contribution < 1.29 is 4.79 Å². The minimum atomic E-state index is 0.151. The molecule has 1 aliphatic rings. The third-order valence-corrected chi connectivity index (χ3v) is 3.02. The van der Waals surface area contributed by atoms with Gasteiger partial charge in [0.2, 0.25) is 5.91 Å². The quantitative estimate of drug-likeness (QED) is 0.707. The van der Waals surface area contributed by atoms with Crippen LogP contribution in [-0.4, -0.2) is 23.3 Å². The maximum atomic E-state index is 11.1. The van der Waals surface area contributed by atoms with E-state index < -0.39 is 0 Å². The van der Waals surface area contributed by atoms with Gasteiger partial charge in [-0.25, -0.2) is 4.31 Å². The van der Waals surface area contributed by atoms with E-state index >= 15 is 0 Å². The Morgan fingerprint density at radius 2 is 2.08 bits per heavy atom. The zero-order valence-corrected chi connectivity index (χ0v) is 9.03. The van der Waals surface area contributed by atoms with E-state index in [4.69, 9.17) is 0 Å². The second kappa shape index (κ2) is 6.27. The molecule has 1 heterocycles. The molecular weight excluding hydrogens is 184 g/mol. The first-order chi connectivity index (χ1) is 6.33. The summed E-state index contributed by atoms with van der Waals surface area (Å²) in [5, 5.41) is 0. The summed E-state index contributed by atoms with van der Waals surface area (Å²) in [7, 11) is 0. The first kappa shape index (κ1) is 10.9. The zero-order chi connectivity index (χ0) is 9.52. The summed E-state index contributed by atoms with van der Waals surface area (Å²) < 4.78 is 5.09. The van der Waals surface area contributed by atoms with E-state index in [1.54, 1.807) is 0 Å². The Kier molecular flexibility index (Phi) is 5.23. The van der Waals surface area contributed by atoms with E-state index in [1.165, 1.54) is 31.4 Å². The highest BCUT2D eigenvalue weighted by molar-refractivity contribution is 7.95. The van der Waals surface area contributed by atoms with Crippen LogP contribution in [0.5, 0.6) is 0 Å². The van der Waals surface area contributed by atoms with Crippen molar-refractivity contribution in [3.8, 4) is 0 Å². The average molecular weight is 202 g/mol. The minimum absolute atomic E-state index is 0.151. The molecular formula is C9H18N2OS. The third-order valence-electron chi connectivity index (χ3n) is 2.08. The summed E-state index contributed by atoms with van der Waals surface area (Å²) in [4.78, 5) is 11.1. The Morgan fingerprint density at radius 3 is 2.69 bits per heavy atom. The molecule has 0 spiro atoms. The molecule has 0 bridgehead atoms. The van der Waals surface area contributed by atoms with Crippen molar-refractivity contribution >= 4 is 18.0 Å². The molecule has 0 aromatic rings. The highest BCUT2D eigenvalue weighted by Crippen LogP contribution is 2.15. The van der Waals surface area contributed by atoms with Crippen LogP contribution in [0.25, 0.3) is 0 Å². The molecule has 0 atom stereocenters. The van der Waals surface area contributed by atoms with Gasteiger partial charge in [-0.1, -0.05) is 13.3 Å². The molecule has 3 nitrogen and oxygen atoms in total. The van der Waals surface area contributed by atoms with Crippen molar-refractivity contribution in [1.29, 1.82) is 0 Å². The van der Waals surface area contributed by atoms with Crippen LogP contribution >= 0.6 is 12.1 Å². The van der Waals surface area contributed by atoms with E-state index in [0.29, 0.717) is 6.42 Å². The Bertz CT molecular complexity index is 158. The largest absolute Gasteiger partial charge is 0.287 e. The van der Waals surface area contributed by atoms with E-state index in [0.717, 1.165) is 19.5 Å². The molecule has 0 saturated carbocycles. The fourth-order valence-electron chi connectivity index (χ4n) is 1.35. The van der Waals surface area contributed by atoms with Gasteiger partial charge in [0, 0.05) is 31.6 Å². The van der Waals surface area contributed by atoms with Gasteiger partial charge in [-0.2, -0.15) is 0 Å². The third kappa shape index (κ3) is 4.52. The molecule has 0 aromatic heterocycles. The molecule has 1 rings (SSSR count). The number of hydrogen-bond donors (Lipinski definition) is 1. The first-order valence-electron chi connectivity index (χ1n) is 5.03. The van der Waals surface area contributed by atoms with E-state index in [-0.39, 0.29) is 5.91 Å².